The van der Waals surface area contributed by atoms with Crippen molar-refractivity contribution < 1.29 is 4.74 Å². The van der Waals surface area contributed by atoms with E-state index >= 15 is 0 Å². The largest absolute Gasteiger partial charge is 0.496 e. The monoisotopic (exact) mass is 189 g/mol. The molecule has 2 nitrogen and oxygen atoms in total. The average Bonchev–Trinajstić information content (AvgIpc) is 2.16. The molecule has 1 saturated carbocycles. The molecular weight excluding hydrogens is 174 g/mol. The maximum atomic E-state index is 5.72. The molecule has 0 atom stereocenters. The summed E-state index contributed by atoms with van der Waals surface area (Å²) in [5.74, 6) is 0.931. The van der Waals surface area contributed by atoms with E-state index in [9.17, 15) is 0 Å². The van der Waals surface area contributed by atoms with Gasteiger partial charge in [-0.05, 0) is 18.9 Å². The Labute approximate surface area is 84.4 Å². The summed E-state index contributed by atoms with van der Waals surface area (Å²) >= 11 is 0. The Bertz CT molecular complexity index is 349. The molecule has 2 heteroatoms. The van der Waals surface area contributed by atoms with E-state index in [1.165, 1.54) is 5.57 Å². The van der Waals surface area contributed by atoms with Gasteiger partial charge in [0.1, 0.15) is 5.75 Å². The molecule has 1 aliphatic carbocycles. The van der Waals surface area contributed by atoms with E-state index in [4.69, 9.17) is 10.5 Å². The van der Waals surface area contributed by atoms with Crippen LogP contribution >= 0.6 is 0 Å². The summed E-state index contributed by atoms with van der Waals surface area (Å²) in [5, 5.41) is 0. The van der Waals surface area contributed by atoms with Gasteiger partial charge in [0.05, 0.1) is 7.11 Å². The van der Waals surface area contributed by atoms with Gasteiger partial charge in [0.15, 0.2) is 0 Å². The van der Waals surface area contributed by atoms with Crippen molar-refractivity contribution in [2.24, 2.45) is 5.73 Å². The van der Waals surface area contributed by atoms with E-state index in [2.05, 4.69) is 12.1 Å². The fourth-order valence-electron chi connectivity index (χ4n) is 1.74. The fraction of sp³-hybridized carbons (Fsp3) is 0.333. The molecule has 1 aromatic rings. The van der Waals surface area contributed by atoms with Crippen LogP contribution in [-0.2, 0) is 0 Å². The van der Waals surface area contributed by atoms with Crippen LogP contribution < -0.4 is 10.5 Å². The van der Waals surface area contributed by atoms with E-state index in [0.717, 1.165) is 24.2 Å². The zero-order valence-electron chi connectivity index (χ0n) is 8.36. The molecule has 0 aliphatic heterocycles. The SMILES string of the molecule is COc1ccccc1C=C1CC(N)C1. The van der Waals surface area contributed by atoms with Gasteiger partial charge in [-0.2, -0.15) is 0 Å². The lowest BCUT2D eigenvalue weighted by Crippen LogP contribution is -2.29. The summed E-state index contributed by atoms with van der Waals surface area (Å²) in [6.45, 7) is 0. The van der Waals surface area contributed by atoms with Crippen molar-refractivity contribution in [3.8, 4) is 5.75 Å². The molecule has 14 heavy (non-hydrogen) atoms. The first-order valence-corrected chi connectivity index (χ1v) is 4.87. The minimum Gasteiger partial charge on any atom is -0.496 e. The first-order chi connectivity index (χ1) is 6.79. The van der Waals surface area contributed by atoms with Crippen LogP contribution in [0.15, 0.2) is 29.8 Å². The summed E-state index contributed by atoms with van der Waals surface area (Å²) in [4.78, 5) is 0. The molecule has 0 amide bonds. The highest BCUT2D eigenvalue weighted by Crippen LogP contribution is 2.29. The minimum absolute atomic E-state index is 0.371. The lowest BCUT2D eigenvalue weighted by molar-refractivity contribution is 0.413. The number of benzene rings is 1. The smallest absolute Gasteiger partial charge is 0.126 e. The van der Waals surface area contributed by atoms with Crippen LogP contribution in [0.5, 0.6) is 5.75 Å². The molecular formula is C12H15NO. The van der Waals surface area contributed by atoms with Gasteiger partial charge < -0.3 is 10.5 Å². The van der Waals surface area contributed by atoms with Crippen LogP contribution in [0, 0.1) is 0 Å². The highest BCUT2D eigenvalue weighted by atomic mass is 16.5. The van der Waals surface area contributed by atoms with Gasteiger partial charge in [-0.15, -0.1) is 0 Å². The van der Waals surface area contributed by atoms with Gasteiger partial charge in [0, 0.05) is 11.6 Å². The van der Waals surface area contributed by atoms with E-state index in [1.807, 2.05) is 18.2 Å². The highest BCUT2D eigenvalue weighted by Gasteiger charge is 2.18. The molecule has 0 radical (unpaired) electrons. The summed E-state index contributed by atoms with van der Waals surface area (Å²) in [7, 11) is 1.70. The van der Waals surface area contributed by atoms with Crippen LogP contribution in [0.25, 0.3) is 6.08 Å². The van der Waals surface area contributed by atoms with Crippen LogP contribution in [0.4, 0.5) is 0 Å². The predicted octanol–water partition coefficient (Wildman–Crippen LogP) is 2.20. The molecule has 0 aromatic heterocycles. The molecule has 0 unspecified atom stereocenters. The number of nitrogens with two attached hydrogens (primary N) is 1. The van der Waals surface area contributed by atoms with Crippen LogP contribution in [0.1, 0.15) is 18.4 Å². The second-order valence-corrected chi connectivity index (χ2v) is 3.71. The third-order valence-corrected chi connectivity index (χ3v) is 2.55. The molecule has 74 valence electrons. The normalized spacial score (nSPS) is 20.1. The van der Waals surface area contributed by atoms with Crippen molar-refractivity contribution in [1.82, 2.24) is 0 Å². The third kappa shape index (κ3) is 1.80. The summed E-state index contributed by atoms with van der Waals surface area (Å²) in [5.41, 5.74) is 8.29. The van der Waals surface area contributed by atoms with Crippen molar-refractivity contribution in [2.45, 2.75) is 18.9 Å². The lowest BCUT2D eigenvalue weighted by Gasteiger charge is -2.25. The quantitative estimate of drug-likeness (QED) is 0.774. The lowest BCUT2D eigenvalue weighted by atomic mass is 9.86. The van der Waals surface area contributed by atoms with Crippen molar-refractivity contribution in [3.63, 3.8) is 0 Å². The molecule has 2 N–H and O–H groups in total. The van der Waals surface area contributed by atoms with Gasteiger partial charge in [0.2, 0.25) is 0 Å². The van der Waals surface area contributed by atoms with E-state index < -0.39 is 0 Å². The van der Waals surface area contributed by atoms with Crippen molar-refractivity contribution in [3.05, 3.63) is 35.4 Å². The molecule has 1 aromatic carbocycles. The standard InChI is InChI=1S/C12H15NO/c1-14-12-5-3-2-4-10(12)6-9-7-11(13)8-9/h2-6,11H,7-8,13H2,1H3. The Kier molecular flexibility index (Phi) is 2.55. The summed E-state index contributed by atoms with van der Waals surface area (Å²) < 4.78 is 5.27. The van der Waals surface area contributed by atoms with Gasteiger partial charge in [-0.3, -0.25) is 0 Å². The molecule has 1 fully saturated rings. The van der Waals surface area contributed by atoms with Gasteiger partial charge in [-0.1, -0.05) is 29.8 Å². The fourth-order valence-corrected chi connectivity index (χ4v) is 1.74. The predicted molar refractivity (Wildman–Crippen MR) is 58.2 cm³/mol. The second kappa shape index (κ2) is 3.84. The van der Waals surface area contributed by atoms with Gasteiger partial charge in [0.25, 0.3) is 0 Å². The molecule has 1 aliphatic rings. The number of hydrogen-bond donors (Lipinski definition) is 1. The molecule has 0 heterocycles. The van der Waals surface area contributed by atoms with Gasteiger partial charge in [-0.25, -0.2) is 0 Å². The molecule has 0 spiro atoms. The Hall–Kier alpha value is -1.28. The Morgan fingerprint density at radius 1 is 1.36 bits per heavy atom. The maximum Gasteiger partial charge on any atom is 0.126 e. The number of ether oxygens (including phenoxy) is 1. The number of methoxy groups -OCH3 is 1. The minimum atomic E-state index is 0.371. The molecule has 0 saturated heterocycles. The van der Waals surface area contributed by atoms with Gasteiger partial charge >= 0.3 is 0 Å². The number of hydrogen-bond acceptors (Lipinski definition) is 2. The first-order valence-electron chi connectivity index (χ1n) is 4.87. The Morgan fingerprint density at radius 2 is 2.07 bits per heavy atom. The summed E-state index contributed by atoms with van der Waals surface area (Å²) in [6.07, 6.45) is 4.23. The zero-order chi connectivity index (χ0) is 9.97. The van der Waals surface area contributed by atoms with E-state index in [-0.39, 0.29) is 0 Å². The highest BCUT2D eigenvalue weighted by molar-refractivity contribution is 5.61. The molecule has 2 rings (SSSR count). The topological polar surface area (TPSA) is 35.2 Å². The van der Waals surface area contributed by atoms with E-state index in [1.54, 1.807) is 7.11 Å². The third-order valence-electron chi connectivity index (χ3n) is 2.55. The van der Waals surface area contributed by atoms with Crippen LogP contribution in [0.2, 0.25) is 0 Å². The summed E-state index contributed by atoms with van der Waals surface area (Å²) in [6, 6.07) is 8.41. The number of rotatable bonds is 2. The molecule has 0 bridgehead atoms. The Balaban J connectivity index is 2.20. The maximum absolute atomic E-state index is 5.72. The van der Waals surface area contributed by atoms with Crippen LogP contribution in [0.3, 0.4) is 0 Å². The van der Waals surface area contributed by atoms with Crippen molar-refractivity contribution in [2.75, 3.05) is 7.11 Å². The zero-order valence-corrected chi connectivity index (χ0v) is 8.36. The van der Waals surface area contributed by atoms with Crippen LogP contribution in [-0.4, -0.2) is 13.2 Å². The average molecular weight is 189 g/mol. The number of para-hydroxylation sites is 1. The second-order valence-electron chi connectivity index (χ2n) is 3.71. The Morgan fingerprint density at radius 3 is 2.71 bits per heavy atom. The van der Waals surface area contributed by atoms with Crippen molar-refractivity contribution in [1.29, 1.82) is 0 Å². The van der Waals surface area contributed by atoms with Crippen molar-refractivity contribution >= 4 is 6.08 Å². The first kappa shape index (κ1) is 9.28. The van der Waals surface area contributed by atoms with E-state index in [0.29, 0.717) is 6.04 Å².